The zero-order valence-corrected chi connectivity index (χ0v) is 16.4. The maximum atomic E-state index is 12.7. The normalized spacial score (nSPS) is 23.9. The number of hydrogen-bond acceptors (Lipinski definition) is 3. The van der Waals surface area contributed by atoms with Gasteiger partial charge < -0.3 is 15.5 Å². The summed E-state index contributed by atoms with van der Waals surface area (Å²) in [6.07, 6.45) is 15.6. The monoisotopic (exact) mass is 377 g/mol. The zero-order chi connectivity index (χ0) is 21.3. The molecule has 0 aromatic rings. The summed E-state index contributed by atoms with van der Waals surface area (Å²) in [5.74, 6) is -0.229. The second-order valence-corrected chi connectivity index (χ2v) is 6.05. The molecule has 1 heterocycles. The van der Waals surface area contributed by atoms with Crippen molar-refractivity contribution < 1.29 is 15.0 Å². The van der Waals surface area contributed by atoms with Crippen LogP contribution >= 0.6 is 0 Å². The lowest BCUT2D eigenvalue weighted by Crippen LogP contribution is -2.45. The van der Waals surface area contributed by atoms with Gasteiger partial charge >= 0.3 is 0 Å². The van der Waals surface area contributed by atoms with Gasteiger partial charge in [-0.15, -0.1) is 0 Å². The summed E-state index contributed by atoms with van der Waals surface area (Å²) < 4.78 is 0. The maximum Gasteiger partial charge on any atom is 0.252 e. The van der Waals surface area contributed by atoms with Crippen LogP contribution in [0.5, 0.6) is 0 Å². The minimum Gasteiger partial charge on any atom is -0.508 e. The molecular formula is C24H27NO3. The van der Waals surface area contributed by atoms with E-state index in [0.29, 0.717) is 22.3 Å². The second-order valence-electron chi connectivity index (χ2n) is 6.05. The standard InChI is InChI=1S/C24H27NO3/c1-7-11-21-22(12-8-2)24(25-23(21)28,17(5)13-15-19(26)9-3)18(6)14-16-20(27)10-4/h7-16,26-27H,1-3,6H2,4-5H3,(H,25,28)/b16-14-,17-13+,19-15+,20-10+,21-11+,22-12+. The number of rotatable bonds is 8. The highest BCUT2D eigenvalue weighted by Crippen LogP contribution is 2.42. The molecule has 0 aromatic carbocycles. The molecule has 0 spiro atoms. The molecule has 4 heteroatoms. The van der Waals surface area contributed by atoms with E-state index < -0.39 is 5.54 Å². The molecular weight excluding hydrogens is 350 g/mol. The van der Waals surface area contributed by atoms with Crippen LogP contribution in [0.25, 0.3) is 0 Å². The zero-order valence-electron chi connectivity index (χ0n) is 16.4. The SMILES string of the molecule is C=C/C=C1/C(=O)NC(C(=C)/C=C\C(O)=C/C)(/C(C)=C/C=C(/O)C=C)/C1=C/C=C. The van der Waals surface area contributed by atoms with E-state index in [9.17, 15) is 15.0 Å². The summed E-state index contributed by atoms with van der Waals surface area (Å²) in [5.41, 5.74) is 1.22. The third kappa shape index (κ3) is 4.60. The van der Waals surface area contributed by atoms with Crippen molar-refractivity contribution in [2.24, 2.45) is 0 Å². The fraction of sp³-hybridized carbons (Fsp3) is 0.125. The first-order valence-corrected chi connectivity index (χ1v) is 8.70. The molecule has 1 rings (SSSR count). The van der Waals surface area contributed by atoms with Gasteiger partial charge in [-0.1, -0.05) is 56.7 Å². The van der Waals surface area contributed by atoms with E-state index in [2.05, 4.69) is 31.6 Å². The number of aliphatic hydroxyl groups is 2. The fourth-order valence-corrected chi connectivity index (χ4v) is 2.87. The Morgan fingerprint density at radius 2 is 1.68 bits per heavy atom. The van der Waals surface area contributed by atoms with Gasteiger partial charge in [0.1, 0.15) is 17.1 Å². The topological polar surface area (TPSA) is 69.6 Å². The predicted molar refractivity (Wildman–Crippen MR) is 117 cm³/mol. The van der Waals surface area contributed by atoms with Crippen LogP contribution in [0.3, 0.4) is 0 Å². The fourth-order valence-electron chi connectivity index (χ4n) is 2.87. The Morgan fingerprint density at radius 3 is 2.21 bits per heavy atom. The molecule has 4 nitrogen and oxygen atoms in total. The molecule has 1 saturated heterocycles. The van der Waals surface area contributed by atoms with Crippen LogP contribution in [-0.4, -0.2) is 21.7 Å². The summed E-state index contributed by atoms with van der Waals surface area (Å²) in [4.78, 5) is 12.7. The molecule has 0 aromatic heterocycles. The highest BCUT2D eigenvalue weighted by atomic mass is 16.3. The molecule has 0 saturated carbocycles. The van der Waals surface area contributed by atoms with Gasteiger partial charge in [0.2, 0.25) is 0 Å². The second kappa shape index (κ2) is 9.97. The highest BCUT2D eigenvalue weighted by molar-refractivity contribution is 6.05. The van der Waals surface area contributed by atoms with Crippen LogP contribution in [-0.2, 0) is 4.79 Å². The molecule has 1 amide bonds. The summed E-state index contributed by atoms with van der Waals surface area (Å²) in [6.45, 7) is 18.6. The van der Waals surface area contributed by atoms with Gasteiger partial charge in [0.05, 0.1) is 0 Å². The Bertz CT molecular complexity index is 876. The average molecular weight is 377 g/mol. The van der Waals surface area contributed by atoms with Crippen LogP contribution in [0.4, 0.5) is 0 Å². The van der Waals surface area contributed by atoms with E-state index >= 15 is 0 Å². The van der Waals surface area contributed by atoms with Gasteiger partial charge in [-0.3, -0.25) is 4.79 Å². The van der Waals surface area contributed by atoms with E-state index in [1.54, 1.807) is 43.4 Å². The van der Waals surface area contributed by atoms with E-state index in [0.717, 1.165) is 0 Å². The largest absolute Gasteiger partial charge is 0.508 e. The van der Waals surface area contributed by atoms with Crippen LogP contribution in [0.1, 0.15) is 13.8 Å². The van der Waals surface area contributed by atoms with Crippen molar-refractivity contribution in [1.29, 1.82) is 0 Å². The van der Waals surface area contributed by atoms with E-state index in [-0.39, 0.29) is 17.4 Å². The molecule has 1 fully saturated rings. The molecule has 0 bridgehead atoms. The third-order valence-corrected chi connectivity index (χ3v) is 4.35. The lowest BCUT2D eigenvalue weighted by Gasteiger charge is -2.33. The molecule has 3 N–H and O–H groups in total. The number of nitrogens with one attached hydrogen (secondary N) is 1. The van der Waals surface area contributed by atoms with Gasteiger partial charge in [0.15, 0.2) is 0 Å². The summed E-state index contributed by atoms with van der Waals surface area (Å²) in [5, 5.41) is 22.5. The lowest BCUT2D eigenvalue weighted by molar-refractivity contribution is -0.116. The molecule has 1 aliphatic heterocycles. The van der Waals surface area contributed by atoms with Crippen molar-refractivity contribution in [2.45, 2.75) is 19.4 Å². The average Bonchev–Trinajstić information content (AvgIpc) is 2.97. The van der Waals surface area contributed by atoms with Crippen LogP contribution in [0.2, 0.25) is 0 Å². The first-order chi connectivity index (χ1) is 13.3. The molecule has 28 heavy (non-hydrogen) atoms. The predicted octanol–water partition coefficient (Wildman–Crippen LogP) is 5.23. The Morgan fingerprint density at radius 1 is 1.04 bits per heavy atom. The van der Waals surface area contributed by atoms with Gasteiger partial charge in [-0.25, -0.2) is 0 Å². The first-order valence-electron chi connectivity index (χ1n) is 8.70. The Kier molecular flexibility index (Phi) is 8.02. The van der Waals surface area contributed by atoms with Crippen molar-refractivity contribution in [2.75, 3.05) is 0 Å². The van der Waals surface area contributed by atoms with Gasteiger partial charge in [0.25, 0.3) is 5.91 Å². The van der Waals surface area contributed by atoms with Crippen molar-refractivity contribution >= 4 is 5.91 Å². The van der Waals surface area contributed by atoms with E-state index in [1.807, 2.05) is 6.92 Å². The minimum atomic E-state index is -1.08. The number of allylic oxidation sites excluding steroid dienone is 9. The smallest absolute Gasteiger partial charge is 0.252 e. The van der Waals surface area contributed by atoms with Gasteiger partial charge in [-0.2, -0.15) is 0 Å². The molecule has 0 aliphatic carbocycles. The van der Waals surface area contributed by atoms with Crippen molar-refractivity contribution in [3.8, 4) is 0 Å². The lowest BCUT2D eigenvalue weighted by atomic mass is 9.76. The molecule has 0 radical (unpaired) electrons. The minimum absolute atomic E-state index is 0.0114. The Hall–Kier alpha value is -3.53. The number of hydrogen-bond donors (Lipinski definition) is 3. The first kappa shape index (κ1) is 22.5. The number of aliphatic hydroxyl groups excluding tert-OH is 2. The van der Waals surface area contributed by atoms with Crippen molar-refractivity contribution in [1.82, 2.24) is 5.32 Å². The van der Waals surface area contributed by atoms with Crippen molar-refractivity contribution in [3.05, 3.63) is 121 Å². The number of amides is 1. The Balaban J connectivity index is 3.78. The molecule has 1 atom stereocenters. The summed E-state index contributed by atoms with van der Waals surface area (Å²) in [6, 6.07) is 0. The third-order valence-electron chi connectivity index (χ3n) is 4.35. The number of carbonyl (C=O) groups excluding carboxylic acids is 1. The van der Waals surface area contributed by atoms with Crippen molar-refractivity contribution in [3.63, 3.8) is 0 Å². The highest BCUT2D eigenvalue weighted by Gasteiger charge is 2.47. The van der Waals surface area contributed by atoms with Crippen LogP contribution in [0, 0.1) is 0 Å². The van der Waals surface area contributed by atoms with Crippen LogP contribution < -0.4 is 5.32 Å². The van der Waals surface area contributed by atoms with E-state index in [4.69, 9.17) is 0 Å². The Labute approximate surface area is 167 Å². The quantitative estimate of drug-likeness (QED) is 0.308. The summed E-state index contributed by atoms with van der Waals surface area (Å²) >= 11 is 0. The van der Waals surface area contributed by atoms with Gasteiger partial charge in [0, 0.05) is 5.57 Å². The maximum absolute atomic E-state index is 12.7. The number of carbonyl (C=O) groups is 1. The molecule has 1 unspecified atom stereocenters. The van der Waals surface area contributed by atoms with Gasteiger partial charge in [-0.05, 0) is 60.9 Å². The van der Waals surface area contributed by atoms with Crippen LogP contribution in [0.15, 0.2) is 121 Å². The molecule has 1 aliphatic rings. The molecule has 146 valence electrons. The van der Waals surface area contributed by atoms with E-state index in [1.165, 1.54) is 24.3 Å². The summed E-state index contributed by atoms with van der Waals surface area (Å²) in [7, 11) is 0.